The van der Waals surface area contributed by atoms with Crippen LogP contribution >= 0.6 is 0 Å². The number of aliphatic carboxylic acids is 1. The second kappa shape index (κ2) is 6.88. The maximum Gasteiger partial charge on any atom is 0.303 e. The Labute approximate surface area is 142 Å². The fourth-order valence-electron chi connectivity index (χ4n) is 2.60. The number of fused-ring (bicyclic) bond motifs is 1. The van der Waals surface area contributed by atoms with E-state index < -0.39 is 17.0 Å². The first-order chi connectivity index (χ1) is 11.6. The van der Waals surface area contributed by atoms with Crippen molar-refractivity contribution in [3.8, 4) is 5.75 Å². The molecule has 0 aliphatic rings. The van der Waals surface area contributed by atoms with Gasteiger partial charge >= 0.3 is 5.97 Å². The Morgan fingerprint density at radius 2 is 1.96 bits per heavy atom. The van der Waals surface area contributed by atoms with E-state index in [9.17, 15) is 9.00 Å². The number of carboxylic acids is 1. The number of benzene rings is 2. The average Bonchev–Trinajstić information content (AvgIpc) is 2.97. The molecule has 1 atom stereocenters. The lowest BCUT2D eigenvalue weighted by molar-refractivity contribution is -0.136. The predicted octanol–water partition coefficient (Wildman–Crippen LogP) is 3.24. The third-order valence-corrected chi connectivity index (χ3v) is 5.13. The van der Waals surface area contributed by atoms with Gasteiger partial charge in [-0.25, -0.2) is 4.21 Å². The van der Waals surface area contributed by atoms with Gasteiger partial charge in [0, 0.05) is 18.0 Å². The molecule has 1 unspecified atom stereocenters. The van der Waals surface area contributed by atoms with Crippen LogP contribution in [0.2, 0.25) is 0 Å². The quantitative estimate of drug-likeness (QED) is 0.746. The molecule has 0 saturated carbocycles. The highest BCUT2D eigenvalue weighted by Crippen LogP contribution is 2.28. The van der Waals surface area contributed by atoms with Crippen LogP contribution < -0.4 is 4.74 Å². The summed E-state index contributed by atoms with van der Waals surface area (Å²) in [6, 6.07) is 14.7. The minimum absolute atomic E-state index is 0.0221. The zero-order valence-corrected chi connectivity index (χ0v) is 14.0. The average molecular weight is 343 g/mol. The third kappa shape index (κ3) is 3.19. The molecule has 2 aromatic carbocycles. The van der Waals surface area contributed by atoms with Crippen molar-refractivity contribution in [2.75, 3.05) is 7.11 Å². The molecule has 0 amide bonds. The van der Waals surface area contributed by atoms with Crippen LogP contribution in [-0.2, 0) is 22.2 Å². The molecule has 0 bridgehead atoms. The molecule has 6 heteroatoms. The van der Waals surface area contributed by atoms with Crippen LogP contribution in [0.5, 0.6) is 5.75 Å². The standard InChI is InChI=1S/C18H17NO4S/c1-23-14-8-9-17-16(11-14)13(7-10-18(20)21)12-19(17)24(22)15-5-3-2-4-6-15/h2-6,8-9,11-12H,7,10H2,1H3,(H,20,21). The van der Waals surface area contributed by atoms with Crippen LogP contribution in [0.4, 0.5) is 0 Å². The number of nitrogens with zero attached hydrogens (tertiary/aromatic N) is 1. The highest BCUT2D eigenvalue weighted by atomic mass is 32.2. The van der Waals surface area contributed by atoms with E-state index in [0.717, 1.165) is 16.5 Å². The normalized spacial score (nSPS) is 12.2. The first kappa shape index (κ1) is 16.3. The summed E-state index contributed by atoms with van der Waals surface area (Å²) >= 11 is 0. The predicted molar refractivity (Wildman–Crippen MR) is 92.7 cm³/mol. The topological polar surface area (TPSA) is 68.5 Å². The first-order valence-corrected chi connectivity index (χ1v) is 8.58. The number of carbonyl (C=O) groups is 1. The van der Waals surface area contributed by atoms with E-state index in [1.165, 1.54) is 0 Å². The summed E-state index contributed by atoms with van der Waals surface area (Å²) < 4.78 is 19.8. The minimum Gasteiger partial charge on any atom is -0.497 e. The third-order valence-electron chi connectivity index (χ3n) is 3.79. The molecule has 0 aliphatic carbocycles. The van der Waals surface area contributed by atoms with Gasteiger partial charge in [-0.1, -0.05) is 18.2 Å². The summed E-state index contributed by atoms with van der Waals surface area (Å²) in [5.74, 6) is -0.176. The van der Waals surface area contributed by atoms with Crippen molar-refractivity contribution in [3.63, 3.8) is 0 Å². The highest BCUT2D eigenvalue weighted by Gasteiger charge is 2.15. The number of ether oxygens (including phenoxy) is 1. The maximum atomic E-state index is 12.9. The number of rotatable bonds is 6. The Bertz CT molecular complexity index is 902. The van der Waals surface area contributed by atoms with Crippen LogP contribution in [0.25, 0.3) is 10.9 Å². The van der Waals surface area contributed by atoms with Crippen molar-refractivity contribution in [1.29, 1.82) is 0 Å². The van der Waals surface area contributed by atoms with Gasteiger partial charge < -0.3 is 9.84 Å². The zero-order chi connectivity index (χ0) is 17.1. The van der Waals surface area contributed by atoms with Crippen LogP contribution in [0.1, 0.15) is 12.0 Å². The van der Waals surface area contributed by atoms with Gasteiger partial charge in [0.25, 0.3) is 0 Å². The number of hydrogen-bond acceptors (Lipinski definition) is 3. The molecule has 0 aliphatic heterocycles. The monoisotopic (exact) mass is 343 g/mol. The molecule has 0 saturated heterocycles. The van der Waals surface area contributed by atoms with E-state index in [0.29, 0.717) is 17.1 Å². The molecular weight excluding hydrogens is 326 g/mol. The Hall–Kier alpha value is -2.60. The highest BCUT2D eigenvalue weighted by molar-refractivity contribution is 7.83. The zero-order valence-electron chi connectivity index (χ0n) is 13.1. The number of methoxy groups -OCH3 is 1. The molecular formula is C18H17NO4S. The Morgan fingerprint density at radius 1 is 1.21 bits per heavy atom. The van der Waals surface area contributed by atoms with Gasteiger partial charge in [0.1, 0.15) is 5.75 Å². The van der Waals surface area contributed by atoms with E-state index in [4.69, 9.17) is 9.84 Å². The lowest BCUT2D eigenvalue weighted by atomic mass is 10.1. The summed E-state index contributed by atoms with van der Waals surface area (Å²) in [7, 11) is 0.186. The number of carboxylic acid groups (broad SMARTS) is 1. The van der Waals surface area contributed by atoms with E-state index >= 15 is 0 Å². The number of hydrogen-bond donors (Lipinski definition) is 1. The smallest absolute Gasteiger partial charge is 0.303 e. The summed E-state index contributed by atoms with van der Waals surface area (Å²) in [5, 5.41) is 9.81. The molecule has 0 fully saturated rings. The largest absolute Gasteiger partial charge is 0.497 e. The number of aromatic nitrogens is 1. The lowest BCUT2D eigenvalue weighted by Gasteiger charge is -2.05. The van der Waals surface area contributed by atoms with Crippen molar-refractivity contribution >= 4 is 27.9 Å². The summed E-state index contributed by atoms with van der Waals surface area (Å²) in [6.07, 6.45) is 2.17. The molecule has 1 heterocycles. The summed E-state index contributed by atoms with van der Waals surface area (Å²) in [6.45, 7) is 0. The van der Waals surface area contributed by atoms with E-state index in [1.807, 2.05) is 48.5 Å². The molecule has 0 radical (unpaired) electrons. The van der Waals surface area contributed by atoms with E-state index in [-0.39, 0.29) is 6.42 Å². The van der Waals surface area contributed by atoms with Crippen LogP contribution in [0.15, 0.2) is 59.6 Å². The molecule has 3 aromatic rings. The Kier molecular flexibility index (Phi) is 4.66. The summed E-state index contributed by atoms with van der Waals surface area (Å²) in [5.41, 5.74) is 1.63. The van der Waals surface area contributed by atoms with Gasteiger partial charge in [-0.15, -0.1) is 0 Å². The van der Waals surface area contributed by atoms with Crippen molar-refractivity contribution in [3.05, 3.63) is 60.3 Å². The molecule has 1 N–H and O–H groups in total. The van der Waals surface area contributed by atoms with Crippen LogP contribution in [0.3, 0.4) is 0 Å². The molecule has 3 rings (SSSR count). The van der Waals surface area contributed by atoms with Gasteiger partial charge in [0.2, 0.25) is 0 Å². The van der Waals surface area contributed by atoms with Gasteiger partial charge in [0.05, 0.1) is 17.5 Å². The second-order valence-corrected chi connectivity index (χ2v) is 6.68. The van der Waals surface area contributed by atoms with Gasteiger partial charge in [-0.3, -0.25) is 8.77 Å². The molecule has 1 aromatic heterocycles. The fraction of sp³-hybridized carbons (Fsp3) is 0.167. The van der Waals surface area contributed by atoms with Crippen molar-refractivity contribution in [2.24, 2.45) is 0 Å². The molecule has 24 heavy (non-hydrogen) atoms. The van der Waals surface area contributed by atoms with E-state index in [2.05, 4.69) is 0 Å². The van der Waals surface area contributed by atoms with Crippen LogP contribution in [0, 0.1) is 0 Å². The Morgan fingerprint density at radius 3 is 2.62 bits per heavy atom. The minimum atomic E-state index is -1.39. The molecule has 124 valence electrons. The molecule has 5 nitrogen and oxygen atoms in total. The van der Waals surface area contributed by atoms with Gasteiger partial charge in [0.15, 0.2) is 11.0 Å². The lowest BCUT2D eigenvalue weighted by Crippen LogP contribution is -2.03. The first-order valence-electron chi connectivity index (χ1n) is 7.47. The Balaban J connectivity index is 2.10. The van der Waals surface area contributed by atoms with Crippen molar-refractivity contribution < 1.29 is 18.8 Å². The van der Waals surface area contributed by atoms with Crippen molar-refractivity contribution in [2.45, 2.75) is 17.7 Å². The second-order valence-electron chi connectivity index (χ2n) is 5.32. The SMILES string of the molecule is COc1ccc2c(c1)c(CCC(=O)O)cn2S(=O)c1ccccc1. The van der Waals surface area contributed by atoms with E-state index in [1.54, 1.807) is 17.3 Å². The van der Waals surface area contributed by atoms with Crippen molar-refractivity contribution in [1.82, 2.24) is 3.97 Å². The fourth-order valence-corrected chi connectivity index (χ4v) is 3.78. The molecule has 0 spiro atoms. The van der Waals surface area contributed by atoms with Crippen LogP contribution in [-0.4, -0.2) is 26.4 Å². The number of aryl methyl sites for hydroxylation is 1. The maximum absolute atomic E-state index is 12.9. The van der Waals surface area contributed by atoms with Gasteiger partial charge in [-0.05, 0) is 42.3 Å². The van der Waals surface area contributed by atoms with Gasteiger partial charge in [-0.2, -0.15) is 0 Å². The summed E-state index contributed by atoms with van der Waals surface area (Å²) in [4.78, 5) is 11.6.